The van der Waals surface area contributed by atoms with E-state index in [0.29, 0.717) is 6.54 Å². The fraction of sp³-hybridized carbons (Fsp3) is 0.667. The van der Waals surface area contributed by atoms with E-state index in [1.807, 2.05) is 6.92 Å². The van der Waals surface area contributed by atoms with Gasteiger partial charge < -0.3 is 15.4 Å². The molecule has 0 fully saturated rings. The van der Waals surface area contributed by atoms with Gasteiger partial charge in [-0.1, -0.05) is 0 Å². The smallest absolute Gasteiger partial charge is 0.304 e. The van der Waals surface area contributed by atoms with E-state index in [9.17, 15) is 4.79 Å². The van der Waals surface area contributed by atoms with Crippen LogP contribution in [-0.2, 0) is 17.8 Å². The summed E-state index contributed by atoms with van der Waals surface area (Å²) >= 11 is 0. The maximum atomic E-state index is 10.9. The summed E-state index contributed by atoms with van der Waals surface area (Å²) in [4.78, 5) is 15.4. The van der Waals surface area contributed by atoms with Crippen molar-refractivity contribution in [1.82, 2.24) is 9.55 Å². The van der Waals surface area contributed by atoms with Crippen molar-refractivity contribution in [3.05, 3.63) is 17.2 Å². The molecule has 1 atom stereocenters. The predicted molar refractivity (Wildman–Crippen MR) is 64.0 cm³/mol. The third kappa shape index (κ3) is 2.34. The second-order valence-corrected chi connectivity index (χ2v) is 4.64. The average molecular weight is 237 g/mol. The Balaban J connectivity index is 2.35. The van der Waals surface area contributed by atoms with Crippen molar-refractivity contribution in [1.29, 1.82) is 0 Å². The molecule has 0 saturated carbocycles. The van der Waals surface area contributed by atoms with Crippen molar-refractivity contribution < 1.29 is 9.90 Å². The molecule has 0 aliphatic carbocycles. The molecule has 0 spiro atoms. The fourth-order valence-corrected chi connectivity index (χ4v) is 2.66. The third-order valence-electron chi connectivity index (χ3n) is 3.39. The molecule has 2 heterocycles. The number of rotatable bonds is 4. The van der Waals surface area contributed by atoms with Crippen molar-refractivity contribution in [2.24, 2.45) is 5.73 Å². The molecular weight excluding hydrogens is 218 g/mol. The Morgan fingerprint density at radius 1 is 1.59 bits per heavy atom. The van der Waals surface area contributed by atoms with Crippen molar-refractivity contribution in [3.8, 4) is 0 Å². The van der Waals surface area contributed by atoms with Gasteiger partial charge in [-0.05, 0) is 19.8 Å². The minimum absolute atomic E-state index is 0.0858. The number of aromatic nitrogens is 2. The minimum Gasteiger partial charge on any atom is -0.481 e. The number of fused-ring (bicyclic) bond motifs is 1. The molecule has 1 aromatic heterocycles. The summed E-state index contributed by atoms with van der Waals surface area (Å²) in [6.45, 7) is 3.26. The number of imidazole rings is 1. The Hall–Kier alpha value is -1.36. The first kappa shape index (κ1) is 12.1. The Morgan fingerprint density at radius 3 is 3.00 bits per heavy atom. The number of carbonyl (C=O) groups is 1. The molecule has 3 N–H and O–H groups in total. The van der Waals surface area contributed by atoms with Crippen LogP contribution in [0.3, 0.4) is 0 Å². The molecular formula is C12H19N3O2. The number of aryl methyl sites for hydroxylation is 2. The lowest BCUT2D eigenvalue weighted by Crippen LogP contribution is -2.22. The van der Waals surface area contributed by atoms with Gasteiger partial charge in [0, 0.05) is 31.1 Å². The van der Waals surface area contributed by atoms with Crippen LogP contribution in [0.1, 0.15) is 42.4 Å². The zero-order valence-electron chi connectivity index (χ0n) is 10.1. The Kier molecular flexibility index (Phi) is 3.47. The van der Waals surface area contributed by atoms with Gasteiger partial charge in [0.1, 0.15) is 5.82 Å². The maximum Gasteiger partial charge on any atom is 0.304 e. The normalized spacial score (nSPS) is 16.6. The highest BCUT2D eigenvalue weighted by Gasteiger charge is 2.24. The number of hydrogen-bond donors (Lipinski definition) is 2. The number of carboxylic acids is 1. The predicted octanol–water partition coefficient (Wildman–Crippen LogP) is 1.04. The lowest BCUT2D eigenvalue weighted by molar-refractivity contribution is -0.137. The molecule has 0 radical (unpaired) electrons. The third-order valence-corrected chi connectivity index (χ3v) is 3.39. The second kappa shape index (κ2) is 4.87. The van der Waals surface area contributed by atoms with Gasteiger partial charge >= 0.3 is 5.97 Å². The van der Waals surface area contributed by atoms with Gasteiger partial charge in [-0.25, -0.2) is 4.98 Å². The standard InChI is InChI=1S/C12H19N3O2/c1-8-12(9(7-13)6-11(16)17)15-5-3-2-4-10(15)14-8/h9H,2-7,13H2,1H3,(H,16,17). The van der Waals surface area contributed by atoms with Crippen molar-refractivity contribution in [3.63, 3.8) is 0 Å². The van der Waals surface area contributed by atoms with Crippen LogP contribution in [0, 0.1) is 6.92 Å². The Labute approximate surface area is 101 Å². The van der Waals surface area contributed by atoms with Gasteiger partial charge in [-0.3, -0.25) is 4.79 Å². The Morgan fingerprint density at radius 2 is 2.35 bits per heavy atom. The lowest BCUT2D eigenvalue weighted by Gasteiger charge is -2.20. The topological polar surface area (TPSA) is 81.1 Å². The zero-order chi connectivity index (χ0) is 12.4. The summed E-state index contributed by atoms with van der Waals surface area (Å²) in [6, 6.07) is 0. The number of carboxylic acid groups (broad SMARTS) is 1. The molecule has 0 saturated heterocycles. The van der Waals surface area contributed by atoms with E-state index < -0.39 is 5.97 Å². The second-order valence-electron chi connectivity index (χ2n) is 4.64. The zero-order valence-corrected chi connectivity index (χ0v) is 10.1. The van der Waals surface area contributed by atoms with Gasteiger partial charge in [-0.15, -0.1) is 0 Å². The first-order valence-corrected chi connectivity index (χ1v) is 6.11. The number of nitrogens with zero attached hydrogens (tertiary/aromatic N) is 2. The monoisotopic (exact) mass is 237 g/mol. The molecule has 1 aromatic rings. The highest BCUT2D eigenvalue weighted by atomic mass is 16.4. The van der Waals surface area contributed by atoms with E-state index in [1.54, 1.807) is 0 Å². The lowest BCUT2D eigenvalue weighted by atomic mass is 9.99. The van der Waals surface area contributed by atoms with E-state index >= 15 is 0 Å². The highest BCUT2D eigenvalue weighted by Crippen LogP contribution is 2.27. The summed E-state index contributed by atoms with van der Waals surface area (Å²) in [6.07, 6.45) is 3.38. The summed E-state index contributed by atoms with van der Waals surface area (Å²) < 4.78 is 2.18. The highest BCUT2D eigenvalue weighted by molar-refractivity contribution is 5.68. The van der Waals surface area contributed by atoms with Gasteiger partial charge in [0.2, 0.25) is 0 Å². The van der Waals surface area contributed by atoms with Crippen molar-refractivity contribution in [2.75, 3.05) is 6.54 Å². The van der Waals surface area contributed by atoms with Crippen LogP contribution in [0.5, 0.6) is 0 Å². The molecule has 94 valence electrons. The molecule has 17 heavy (non-hydrogen) atoms. The first-order chi connectivity index (χ1) is 8.13. The molecule has 5 nitrogen and oxygen atoms in total. The van der Waals surface area contributed by atoms with Gasteiger partial charge in [-0.2, -0.15) is 0 Å². The molecule has 1 unspecified atom stereocenters. The summed E-state index contributed by atoms with van der Waals surface area (Å²) in [7, 11) is 0. The SMILES string of the molecule is Cc1nc2n(c1C(CN)CC(=O)O)CCCC2. The summed E-state index contributed by atoms with van der Waals surface area (Å²) in [5.74, 6) is 0.172. The van der Waals surface area contributed by atoms with Crippen molar-refractivity contribution in [2.45, 2.75) is 45.1 Å². The largest absolute Gasteiger partial charge is 0.481 e. The first-order valence-electron chi connectivity index (χ1n) is 6.11. The minimum atomic E-state index is -0.800. The van der Waals surface area contributed by atoms with Gasteiger partial charge in [0.25, 0.3) is 0 Å². The molecule has 0 aromatic carbocycles. The van der Waals surface area contributed by atoms with Crippen LogP contribution in [-0.4, -0.2) is 27.2 Å². The molecule has 0 bridgehead atoms. The van der Waals surface area contributed by atoms with E-state index in [2.05, 4.69) is 9.55 Å². The molecule has 1 aliphatic rings. The number of aliphatic carboxylic acids is 1. The van der Waals surface area contributed by atoms with E-state index in [4.69, 9.17) is 10.8 Å². The number of hydrogen-bond acceptors (Lipinski definition) is 3. The summed E-state index contributed by atoms with van der Waals surface area (Å²) in [5, 5.41) is 8.92. The van der Waals surface area contributed by atoms with Gasteiger partial charge in [0.05, 0.1) is 12.1 Å². The van der Waals surface area contributed by atoms with Crippen molar-refractivity contribution >= 4 is 5.97 Å². The van der Waals surface area contributed by atoms with Crippen LogP contribution in [0.25, 0.3) is 0 Å². The van der Waals surface area contributed by atoms with E-state index in [-0.39, 0.29) is 12.3 Å². The van der Waals surface area contributed by atoms with Crippen LogP contribution in [0.15, 0.2) is 0 Å². The van der Waals surface area contributed by atoms with Crippen LogP contribution in [0.2, 0.25) is 0 Å². The van der Waals surface area contributed by atoms with Gasteiger partial charge in [0.15, 0.2) is 0 Å². The molecule has 5 heteroatoms. The molecule has 1 aliphatic heterocycles. The Bertz CT molecular complexity index is 426. The summed E-state index contributed by atoms with van der Waals surface area (Å²) in [5.41, 5.74) is 7.69. The number of nitrogens with two attached hydrogens (primary N) is 1. The van der Waals surface area contributed by atoms with E-state index in [0.717, 1.165) is 36.6 Å². The molecule has 2 rings (SSSR count). The van der Waals surface area contributed by atoms with Crippen LogP contribution >= 0.6 is 0 Å². The van der Waals surface area contributed by atoms with E-state index in [1.165, 1.54) is 6.42 Å². The van der Waals surface area contributed by atoms with Crippen LogP contribution < -0.4 is 5.73 Å². The fourth-order valence-electron chi connectivity index (χ4n) is 2.66. The molecule has 0 amide bonds. The average Bonchev–Trinajstić information content (AvgIpc) is 2.62. The quantitative estimate of drug-likeness (QED) is 0.820. The van der Waals surface area contributed by atoms with Crippen LogP contribution in [0.4, 0.5) is 0 Å². The maximum absolute atomic E-state index is 10.9.